The van der Waals surface area contributed by atoms with Gasteiger partial charge in [0.05, 0.1) is 11.6 Å². The van der Waals surface area contributed by atoms with Crippen LogP contribution < -0.4 is 5.32 Å². The average molecular weight is 269 g/mol. The van der Waals surface area contributed by atoms with E-state index in [1.807, 2.05) is 12.3 Å². The summed E-state index contributed by atoms with van der Waals surface area (Å²) < 4.78 is 5.59. The number of ether oxygens (including phenoxy) is 1. The van der Waals surface area contributed by atoms with Gasteiger partial charge in [0.1, 0.15) is 0 Å². The molecule has 0 amide bonds. The van der Waals surface area contributed by atoms with E-state index in [1.54, 1.807) is 6.20 Å². The number of pyridine rings is 1. The zero-order chi connectivity index (χ0) is 12.8. The second-order valence-corrected chi connectivity index (χ2v) is 5.22. The van der Waals surface area contributed by atoms with Crippen LogP contribution in [0.4, 0.5) is 0 Å². The Bertz CT molecular complexity index is 367. The second kappa shape index (κ2) is 7.07. The van der Waals surface area contributed by atoms with Gasteiger partial charge in [-0.15, -0.1) is 0 Å². The van der Waals surface area contributed by atoms with Crippen molar-refractivity contribution in [1.82, 2.24) is 10.3 Å². The normalized spacial score (nSPS) is 21.8. The predicted octanol–water partition coefficient (Wildman–Crippen LogP) is 2.68. The molecular formula is C14H21ClN2O. The van der Waals surface area contributed by atoms with Crippen LogP contribution in [-0.2, 0) is 11.2 Å². The van der Waals surface area contributed by atoms with Crippen LogP contribution in [0.2, 0.25) is 5.02 Å². The minimum atomic E-state index is 0.440. The van der Waals surface area contributed by atoms with Crippen LogP contribution in [0.1, 0.15) is 25.3 Å². The Balaban J connectivity index is 2.03. The first-order chi connectivity index (χ1) is 8.81. The van der Waals surface area contributed by atoms with E-state index in [9.17, 15) is 0 Å². The molecule has 1 saturated heterocycles. The molecule has 18 heavy (non-hydrogen) atoms. The lowest BCUT2D eigenvalue weighted by atomic mass is 9.89. The molecule has 0 bridgehead atoms. The van der Waals surface area contributed by atoms with Crippen molar-refractivity contribution in [3.05, 3.63) is 29.0 Å². The molecule has 1 aliphatic rings. The Morgan fingerprint density at radius 2 is 2.50 bits per heavy atom. The van der Waals surface area contributed by atoms with E-state index in [0.29, 0.717) is 12.0 Å². The van der Waals surface area contributed by atoms with Crippen LogP contribution in [0, 0.1) is 5.92 Å². The predicted molar refractivity (Wildman–Crippen MR) is 74.0 cm³/mol. The van der Waals surface area contributed by atoms with Crippen molar-refractivity contribution in [3.8, 4) is 0 Å². The van der Waals surface area contributed by atoms with Crippen LogP contribution in [-0.4, -0.2) is 30.8 Å². The van der Waals surface area contributed by atoms with E-state index in [2.05, 4.69) is 17.2 Å². The summed E-state index contributed by atoms with van der Waals surface area (Å²) in [6, 6.07) is 2.45. The number of nitrogens with zero attached hydrogens (tertiary/aromatic N) is 1. The maximum absolute atomic E-state index is 6.19. The Morgan fingerprint density at radius 3 is 3.17 bits per heavy atom. The maximum Gasteiger partial charge on any atom is 0.0621 e. The molecule has 1 aromatic rings. The molecule has 0 aromatic carbocycles. The number of likely N-dealkylation sites (N-methyl/N-ethyl adjacent to an activating group) is 1. The Morgan fingerprint density at radius 1 is 1.61 bits per heavy atom. The van der Waals surface area contributed by atoms with Gasteiger partial charge in [0.25, 0.3) is 0 Å². The molecule has 2 heterocycles. The van der Waals surface area contributed by atoms with E-state index in [-0.39, 0.29) is 0 Å². The summed E-state index contributed by atoms with van der Waals surface area (Å²) in [6.45, 7) is 4.89. The minimum Gasteiger partial charge on any atom is -0.381 e. The highest BCUT2D eigenvalue weighted by Gasteiger charge is 2.24. The minimum absolute atomic E-state index is 0.440. The summed E-state index contributed by atoms with van der Waals surface area (Å²) in [7, 11) is 0. The molecule has 0 spiro atoms. The molecule has 2 atom stereocenters. The van der Waals surface area contributed by atoms with Crippen molar-refractivity contribution in [1.29, 1.82) is 0 Å². The summed E-state index contributed by atoms with van der Waals surface area (Å²) in [5, 5.41) is 4.33. The van der Waals surface area contributed by atoms with E-state index in [0.717, 1.165) is 37.6 Å². The van der Waals surface area contributed by atoms with E-state index < -0.39 is 0 Å². The Kier molecular flexibility index (Phi) is 5.42. The topological polar surface area (TPSA) is 34.2 Å². The maximum atomic E-state index is 6.19. The van der Waals surface area contributed by atoms with Crippen molar-refractivity contribution in [3.63, 3.8) is 0 Å². The standard InChI is InChI=1S/C14H21ClN2O/c1-2-17-14(12-4-3-7-18-10-12)8-11-5-6-16-9-13(11)15/h5-6,9,12,14,17H,2-4,7-8,10H2,1H3. The first kappa shape index (κ1) is 13.8. The zero-order valence-electron chi connectivity index (χ0n) is 10.9. The summed E-state index contributed by atoms with van der Waals surface area (Å²) in [5.41, 5.74) is 1.17. The molecule has 0 saturated carbocycles. The largest absolute Gasteiger partial charge is 0.381 e. The monoisotopic (exact) mass is 268 g/mol. The third kappa shape index (κ3) is 3.67. The molecule has 1 aliphatic heterocycles. The SMILES string of the molecule is CCNC(Cc1ccncc1Cl)C1CCCOC1. The summed E-state index contributed by atoms with van der Waals surface area (Å²) in [5.74, 6) is 0.586. The lowest BCUT2D eigenvalue weighted by Gasteiger charge is -2.31. The van der Waals surface area contributed by atoms with Gasteiger partial charge in [-0.3, -0.25) is 4.98 Å². The summed E-state index contributed by atoms with van der Waals surface area (Å²) >= 11 is 6.19. The quantitative estimate of drug-likeness (QED) is 0.892. The third-order valence-corrected chi connectivity index (χ3v) is 3.87. The van der Waals surface area contributed by atoms with Gasteiger partial charge in [-0.05, 0) is 43.4 Å². The Labute approximate surface area is 114 Å². The molecular weight excluding hydrogens is 248 g/mol. The first-order valence-electron chi connectivity index (χ1n) is 6.70. The molecule has 0 radical (unpaired) electrons. The molecule has 2 unspecified atom stereocenters. The van der Waals surface area contributed by atoms with Crippen molar-refractivity contribution in [2.45, 2.75) is 32.2 Å². The fraction of sp³-hybridized carbons (Fsp3) is 0.643. The highest BCUT2D eigenvalue weighted by atomic mass is 35.5. The van der Waals surface area contributed by atoms with Crippen LogP contribution in [0.15, 0.2) is 18.5 Å². The van der Waals surface area contributed by atoms with Crippen LogP contribution in [0.25, 0.3) is 0 Å². The fourth-order valence-electron chi connectivity index (χ4n) is 2.56. The smallest absolute Gasteiger partial charge is 0.0621 e. The number of nitrogens with one attached hydrogen (secondary N) is 1. The summed E-state index contributed by atoms with van der Waals surface area (Å²) in [6.07, 6.45) is 6.87. The first-order valence-corrected chi connectivity index (χ1v) is 7.08. The highest BCUT2D eigenvalue weighted by molar-refractivity contribution is 6.31. The number of aromatic nitrogens is 1. The molecule has 100 valence electrons. The van der Waals surface area contributed by atoms with Crippen LogP contribution in [0.5, 0.6) is 0 Å². The lowest BCUT2D eigenvalue weighted by molar-refractivity contribution is 0.0396. The molecule has 2 rings (SSSR count). The third-order valence-electron chi connectivity index (χ3n) is 3.53. The van der Waals surface area contributed by atoms with Gasteiger partial charge in [0, 0.05) is 25.0 Å². The van der Waals surface area contributed by atoms with Gasteiger partial charge in [0.15, 0.2) is 0 Å². The molecule has 0 aliphatic carbocycles. The number of hydrogen-bond acceptors (Lipinski definition) is 3. The zero-order valence-corrected chi connectivity index (χ0v) is 11.6. The second-order valence-electron chi connectivity index (χ2n) is 4.81. The van der Waals surface area contributed by atoms with Gasteiger partial charge >= 0.3 is 0 Å². The Hall–Kier alpha value is -0.640. The number of hydrogen-bond donors (Lipinski definition) is 1. The van der Waals surface area contributed by atoms with Gasteiger partial charge in [-0.2, -0.15) is 0 Å². The van der Waals surface area contributed by atoms with Crippen molar-refractivity contribution < 1.29 is 4.74 Å². The number of halogens is 1. The van der Waals surface area contributed by atoms with Gasteiger partial charge in [0.2, 0.25) is 0 Å². The van der Waals surface area contributed by atoms with E-state index in [4.69, 9.17) is 16.3 Å². The molecule has 3 nitrogen and oxygen atoms in total. The number of rotatable bonds is 5. The molecule has 1 aromatic heterocycles. The van der Waals surface area contributed by atoms with Gasteiger partial charge in [-0.25, -0.2) is 0 Å². The average Bonchev–Trinajstić information content (AvgIpc) is 2.42. The molecule has 1 N–H and O–H groups in total. The van der Waals surface area contributed by atoms with Crippen molar-refractivity contribution >= 4 is 11.6 Å². The molecule has 1 fully saturated rings. The molecule has 4 heteroatoms. The van der Waals surface area contributed by atoms with Crippen LogP contribution in [0.3, 0.4) is 0 Å². The fourth-order valence-corrected chi connectivity index (χ4v) is 2.75. The van der Waals surface area contributed by atoms with Gasteiger partial charge < -0.3 is 10.1 Å². The van der Waals surface area contributed by atoms with Gasteiger partial charge in [-0.1, -0.05) is 18.5 Å². The van der Waals surface area contributed by atoms with E-state index >= 15 is 0 Å². The van der Waals surface area contributed by atoms with Crippen molar-refractivity contribution in [2.75, 3.05) is 19.8 Å². The highest BCUT2D eigenvalue weighted by Crippen LogP contribution is 2.23. The van der Waals surface area contributed by atoms with Crippen LogP contribution >= 0.6 is 11.6 Å². The van der Waals surface area contributed by atoms with Crippen molar-refractivity contribution in [2.24, 2.45) is 5.92 Å². The lowest BCUT2D eigenvalue weighted by Crippen LogP contribution is -2.41. The van der Waals surface area contributed by atoms with E-state index in [1.165, 1.54) is 12.0 Å². The summed E-state index contributed by atoms with van der Waals surface area (Å²) in [4.78, 5) is 4.03.